The van der Waals surface area contributed by atoms with Gasteiger partial charge in [-0.25, -0.2) is 8.42 Å². The Kier molecular flexibility index (Phi) is 10.0. The zero-order valence-electron chi connectivity index (χ0n) is 22.3. The minimum Gasteiger partial charge on any atom is -0.357 e. The number of hydrogen-bond donors (Lipinski definition) is 1. The molecular formula is C31H29Cl2N3O4S. The lowest BCUT2D eigenvalue weighted by molar-refractivity contribution is -0.139. The summed E-state index contributed by atoms with van der Waals surface area (Å²) >= 11 is 12.7. The number of amides is 2. The van der Waals surface area contributed by atoms with Crippen LogP contribution < -0.4 is 9.62 Å². The first-order valence-corrected chi connectivity index (χ1v) is 15.0. The molecule has 0 spiro atoms. The highest BCUT2D eigenvalue weighted by atomic mass is 35.5. The Morgan fingerprint density at radius 3 is 1.93 bits per heavy atom. The van der Waals surface area contributed by atoms with Crippen LogP contribution in [0.4, 0.5) is 5.69 Å². The summed E-state index contributed by atoms with van der Waals surface area (Å²) in [5.41, 5.74) is 1.68. The van der Waals surface area contributed by atoms with Gasteiger partial charge in [0.1, 0.15) is 12.6 Å². The average molecular weight is 611 g/mol. The van der Waals surface area contributed by atoms with Crippen LogP contribution >= 0.6 is 23.2 Å². The fourth-order valence-electron chi connectivity index (χ4n) is 4.42. The molecule has 0 saturated heterocycles. The van der Waals surface area contributed by atoms with E-state index in [-0.39, 0.29) is 39.5 Å². The zero-order chi connectivity index (χ0) is 29.4. The summed E-state index contributed by atoms with van der Waals surface area (Å²) in [6.45, 7) is -0.542. The van der Waals surface area contributed by atoms with Crippen molar-refractivity contribution in [3.8, 4) is 0 Å². The van der Waals surface area contributed by atoms with E-state index in [0.29, 0.717) is 0 Å². The largest absolute Gasteiger partial charge is 0.357 e. The minimum atomic E-state index is -4.26. The Morgan fingerprint density at radius 2 is 1.34 bits per heavy atom. The van der Waals surface area contributed by atoms with E-state index in [9.17, 15) is 18.0 Å². The zero-order valence-corrected chi connectivity index (χ0v) is 24.6. The molecule has 4 rings (SSSR count). The van der Waals surface area contributed by atoms with E-state index in [2.05, 4.69) is 5.32 Å². The van der Waals surface area contributed by atoms with Crippen molar-refractivity contribution in [2.24, 2.45) is 0 Å². The van der Waals surface area contributed by atoms with Gasteiger partial charge in [0.05, 0.1) is 20.6 Å². The molecule has 0 saturated carbocycles. The maximum absolute atomic E-state index is 14.2. The van der Waals surface area contributed by atoms with Crippen molar-refractivity contribution in [2.45, 2.75) is 23.9 Å². The number of carbonyl (C=O) groups is 2. The van der Waals surface area contributed by atoms with Gasteiger partial charge in [0.15, 0.2) is 0 Å². The van der Waals surface area contributed by atoms with Gasteiger partial charge >= 0.3 is 0 Å². The molecule has 2 amide bonds. The Balaban J connectivity index is 1.80. The molecule has 0 radical (unpaired) electrons. The molecule has 0 aliphatic rings. The van der Waals surface area contributed by atoms with Gasteiger partial charge in [-0.3, -0.25) is 13.9 Å². The summed E-state index contributed by atoms with van der Waals surface area (Å²) < 4.78 is 28.8. The van der Waals surface area contributed by atoms with Crippen molar-refractivity contribution >= 4 is 50.7 Å². The molecule has 41 heavy (non-hydrogen) atoms. The molecule has 0 fully saturated rings. The maximum Gasteiger partial charge on any atom is 0.264 e. The van der Waals surface area contributed by atoms with Crippen LogP contribution in [0, 0.1) is 0 Å². The number of carbonyl (C=O) groups excluding carboxylic acids is 2. The smallest absolute Gasteiger partial charge is 0.264 e. The van der Waals surface area contributed by atoms with E-state index in [1.165, 1.54) is 36.2 Å². The van der Waals surface area contributed by atoms with Crippen LogP contribution in [0.15, 0.2) is 114 Å². The van der Waals surface area contributed by atoms with E-state index < -0.39 is 28.5 Å². The van der Waals surface area contributed by atoms with Crippen LogP contribution in [-0.4, -0.2) is 44.8 Å². The number of sulfonamides is 1. The number of likely N-dealkylation sites (N-methyl/N-ethyl adjacent to an activating group) is 1. The van der Waals surface area contributed by atoms with Crippen LogP contribution in [0.1, 0.15) is 11.1 Å². The van der Waals surface area contributed by atoms with Gasteiger partial charge < -0.3 is 10.2 Å². The fourth-order valence-corrected chi connectivity index (χ4v) is 6.31. The van der Waals surface area contributed by atoms with Crippen LogP contribution in [0.5, 0.6) is 0 Å². The van der Waals surface area contributed by atoms with E-state index in [0.717, 1.165) is 15.4 Å². The Morgan fingerprint density at radius 1 is 0.780 bits per heavy atom. The van der Waals surface area contributed by atoms with Gasteiger partial charge in [-0.15, -0.1) is 0 Å². The highest BCUT2D eigenvalue weighted by Gasteiger charge is 2.35. The second-order valence-electron chi connectivity index (χ2n) is 9.22. The van der Waals surface area contributed by atoms with Gasteiger partial charge in [0.25, 0.3) is 10.0 Å². The standard InChI is InChI=1S/C31H29Cl2N3O4S/c1-34-31(38)28(20-23-12-5-2-6-13-23)35(21-24-14-7-3-8-15-24)29(37)22-36(27-19-11-18-26(32)30(27)33)41(39,40)25-16-9-4-10-17-25/h2-19,28H,20-22H2,1H3,(H,34,38). The van der Waals surface area contributed by atoms with Crippen molar-refractivity contribution in [3.63, 3.8) is 0 Å². The summed E-state index contributed by atoms with van der Waals surface area (Å²) in [7, 11) is -2.76. The first-order chi connectivity index (χ1) is 19.7. The first-order valence-electron chi connectivity index (χ1n) is 12.8. The quantitative estimate of drug-likeness (QED) is 0.241. The molecule has 7 nitrogen and oxygen atoms in total. The molecule has 212 valence electrons. The fraction of sp³-hybridized carbons (Fsp3) is 0.161. The van der Waals surface area contributed by atoms with Crippen molar-refractivity contribution in [2.75, 3.05) is 17.9 Å². The predicted molar refractivity (Wildman–Crippen MR) is 162 cm³/mol. The monoisotopic (exact) mass is 609 g/mol. The van der Waals surface area contributed by atoms with Crippen LogP contribution in [-0.2, 0) is 32.6 Å². The molecule has 0 aromatic heterocycles. The molecule has 0 aliphatic heterocycles. The van der Waals surface area contributed by atoms with Crippen molar-refractivity contribution in [3.05, 3.63) is 130 Å². The third-order valence-electron chi connectivity index (χ3n) is 6.52. The van der Waals surface area contributed by atoms with Gasteiger partial charge in [0.2, 0.25) is 11.8 Å². The van der Waals surface area contributed by atoms with Crippen LogP contribution in [0.2, 0.25) is 10.0 Å². The van der Waals surface area contributed by atoms with Crippen LogP contribution in [0.25, 0.3) is 0 Å². The Bertz CT molecular complexity index is 1590. The van der Waals surface area contributed by atoms with Gasteiger partial charge in [-0.05, 0) is 35.4 Å². The molecule has 0 bridgehead atoms. The number of hydrogen-bond acceptors (Lipinski definition) is 4. The third kappa shape index (κ3) is 7.27. The van der Waals surface area contributed by atoms with E-state index >= 15 is 0 Å². The van der Waals surface area contributed by atoms with E-state index in [4.69, 9.17) is 23.2 Å². The lowest BCUT2D eigenvalue weighted by atomic mass is 10.0. The normalized spacial score (nSPS) is 11.9. The Labute approximate surface area is 250 Å². The molecule has 1 N–H and O–H groups in total. The second kappa shape index (κ2) is 13.7. The van der Waals surface area contributed by atoms with E-state index in [1.54, 1.807) is 24.3 Å². The number of benzene rings is 4. The Hall–Kier alpha value is -3.85. The summed E-state index contributed by atoms with van der Waals surface area (Å²) in [5.74, 6) is -0.967. The predicted octanol–water partition coefficient (Wildman–Crippen LogP) is 5.57. The van der Waals surface area contributed by atoms with Crippen LogP contribution in [0.3, 0.4) is 0 Å². The molecule has 1 unspecified atom stereocenters. The van der Waals surface area contributed by atoms with Crippen molar-refractivity contribution in [1.29, 1.82) is 0 Å². The number of rotatable bonds is 11. The van der Waals surface area contributed by atoms with Crippen molar-refractivity contribution in [1.82, 2.24) is 10.2 Å². The lowest BCUT2D eigenvalue weighted by Gasteiger charge is -2.33. The average Bonchev–Trinajstić information content (AvgIpc) is 3.00. The number of anilines is 1. The highest BCUT2D eigenvalue weighted by molar-refractivity contribution is 7.92. The van der Waals surface area contributed by atoms with Gasteiger partial charge in [-0.1, -0.05) is 108 Å². The van der Waals surface area contributed by atoms with E-state index in [1.807, 2.05) is 60.7 Å². The molecule has 1 atom stereocenters. The highest BCUT2D eigenvalue weighted by Crippen LogP contribution is 2.35. The third-order valence-corrected chi connectivity index (χ3v) is 9.11. The number of nitrogens with zero attached hydrogens (tertiary/aromatic N) is 2. The summed E-state index contributed by atoms with van der Waals surface area (Å²) in [6.07, 6.45) is 0.225. The van der Waals surface area contributed by atoms with Gasteiger partial charge in [0, 0.05) is 20.0 Å². The maximum atomic E-state index is 14.2. The van der Waals surface area contributed by atoms with Crippen molar-refractivity contribution < 1.29 is 18.0 Å². The first kappa shape index (κ1) is 30.1. The topological polar surface area (TPSA) is 86.8 Å². The molecule has 0 heterocycles. The minimum absolute atomic E-state index is 0.0109. The van der Waals surface area contributed by atoms with Gasteiger partial charge in [-0.2, -0.15) is 0 Å². The lowest BCUT2D eigenvalue weighted by Crippen LogP contribution is -2.53. The molecule has 10 heteroatoms. The summed E-state index contributed by atoms with van der Waals surface area (Å²) in [4.78, 5) is 28.9. The number of nitrogens with one attached hydrogen (secondary N) is 1. The molecular weight excluding hydrogens is 581 g/mol. The number of halogens is 2. The molecule has 4 aromatic rings. The molecule has 0 aliphatic carbocycles. The summed E-state index contributed by atoms with van der Waals surface area (Å²) in [6, 6.07) is 30.0. The summed E-state index contributed by atoms with van der Waals surface area (Å²) in [5, 5.41) is 2.79. The second-order valence-corrected chi connectivity index (χ2v) is 11.9. The molecule has 4 aromatic carbocycles. The SMILES string of the molecule is CNC(=O)C(Cc1ccccc1)N(Cc1ccccc1)C(=O)CN(c1cccc(Cl)c1Cl)S(=O)(=O)c1ccccc1.